The summed E-state index contributed by atoms with van der Waals surface area (Å²) in [7, 11) is 3.69. The highest BCUT2D eigenvalue weighted by molar-refractivity contribution is 6.84. The largest absolute Gasteiger partial charge is 1.00 e. The molecule has 51 heavy (non-hydrogen) atoms. The number of hydrogen-bond acceptors (Lipinski definition) is 6. The van der Waals surface area contributed by atoms with E-state index in [4.69, 9.17) is 26.6 Å². The molecule has 0 unspecified atom stereocenters. The average Bonchev–Trinajstić information content (AvgIpc) is 3.15. The predicted octanol–water partition coefficient (Wildman–Crippen LogP) is 7.82. The van der Waals surface area contributed by atoms with Crippen molar-refractivity contribution < 1.29 is 48.4 Å². The SMILES string of the molecule is CCCCCCCCCCCCCCCC[NH+](CCCCCCCCCCCCCCCC)C(CC)([Si](OC)(OC)OC)[Si](OC)(OC)OC.[Br-]. The summed E-state index contributed by atoms with van der Waals surface area (Å²) in [6.07, 6.45) is 38.8. The van der Waals surface area contributed by atoms with Gasteiger partial charge in [-0.25, -0.2) is 0 Å². The molecule has 7 nitrogen and oxygen atoms in total. The first-order chi connectivity index (χ1) is 24.4. The molecule has 0 aliphatic rings. The molecular weight excluding hydrogens is 739 g/mol. The number of unbranched alkanes of at least 4 members (excludes halogenated alkanes) is 26. The molecule has 0 amide bonds. The van der Waals surface area contributed by atoms with Crippen molar-refractivity contribution in [3.63, 3.8) is 0 Å². The molecule has 0 saturated carbocycles. The minimum atomic E-state index is -3.32. The molecule has 1 N–H and O–H groups in total. The monoisotopic (exact) mass is 828 g/mol. The second kappa shape index (κ2) is 36.3. The molecule has 0 heterocycles. The lowest BCUT2D eigenvalue weighted by molar-refractivity contribution is -0.933. The molecule has 310 valence electrons. The first-order valence-corrected chi connectivity index (χ1v) is 25.1. The number of rotatable bonds is 40. The van der Waals surface area contributed by atoms with Crippen LogP contribution >= 0.6 is 0 Å². The normalized spacial score (nSPS) is 12.6. The van der Waals surface area contributed by atoms with Gasteiger partial charge in [-0.2, -0.15) is 0 Å². The van der Waals surface area contributed by atoms with Gasteiger partial charge < -0.3 is 48.4 Å². The summed E-state index contributed by atoms with van der Waals surface area (Å²) in [5.74, 6) is 0. The fraction of sp³-hybridized carbons (Fsp3) is 1.00. The van der Waals surface area contributed by atoms with Crippen LogP contribution in [0.15, 0.2) is 0 Å². The van der Waals surface area contributed by atoms with Gasteiger partial charge in [-0.15, -0.1) is 0 Å². The zero-order valence-corrected chi connectivity index (χ0v) is 39.3. The van der Waals surface area contributed by atoms with Crippen molar-refractivity contribution in [3.05, 3.63) is 0 Å². The van der Waals surface area contributed by atoms with E-state index in [9.17, 15) is 0 Å². The lowest BCUT2D eigenvalue weighted by Crippen LogP contribution is -3.27. The summed E-state index contributed by atoms with van der Waals surface area (Å²) in [6, 6.07) is 0. The molecule has 10 heteroatoms. The van der Waals surface area contributed by atoms with Gasteiger partial charge in [-0.1, -0.05) is 175 Å². The summed E-state index contributed by atoms with van der Waals surface area (Å²) in [6.45, 7) is 8.79. The van der Waals surface area contributed by atoms with Crippen molar-refractivity contribution in [2.75, 3.05) is 55.7 Å². The van der Waals surface area contributed by atoms with Crippen molar-refractivity contribution in [1.29, 1.82) is 0 Å². The summed E-state index contributed by atoms with van der Waals surface area (Å²) in [4.78, 5) is 0.733. The maximum Gasteiger partial charge on any atom is 0.569 e. The van der Waals surface area contributed by atoms with E-state index in [0.717, 1.165) is 32.4 Å². The third-order valence-electron chi connectivity index (χ3n) is 11.5. The van der Waals surface area contributed by atoms with Crippen LogP contribution in [0.4, 0.5) is 0 Å². The van der Waals surface area contributed by atoms with Crippen LogP contribution in [0.2, 0.25) is 0 Å². The number of nitrogens with one attached hydrogen (secondary N) is 1. The Morgan fingerprint density at radius 1 is 0.333 bits per heavy atom. The molecule has 0 aromatic carbocycles. The molecule has 0 atom stereocenters. The summed E-state index contributed by atoms with van der Waals surface area (Å²) >= 11 is 0. The fourth-order valence-corrected chi connectivity index (χ4v) is 17.1. The van der Waals surface area contributed by atoms with Crippen LogP contribution in [-0.4, -0.2) is 78.1 Å². The van der Waals surface area contributed by atoms with Gasteiger partial charge in [0, 0.05) is 49.1 Å². The van der Waals surface area contributed by atoms with E-state index in [1.165, 1.54) is 172 Å². The molecule has 0 bridgehead atoms. The van der Waals surface area contributed by atoms with Gasteiger partial charge in [0.05, 0.1) is 13.1 Å². The standard InChI is InChI=1S/C41H89NO6Si2.BrH/c1-10-13-15-17-19-21-23-25-27-29-31-33-35-37-39-42(40-38-36-34-32-30-28-26-24-22-20-18-16-14-11-2)41(12-3,49(43-4,44-5)45-6)50(46-7,47-8)48-9;/h10-40H2,1-9H3;1H. The Balaban J connectivity index is 0. The van der Waals surface area contributed by atoms with E-state index in [0.29, 0.717) is 0 Å². The first-order valence-electron chi connectivity index (χ1n) is 21.6. The molecule has 0 fully saturated rings. The van der Waals surface area contributed by atoms with Crippen molar-refractivity contribution in [1.82, 2.24) is 0 Å². The first kappa shape index (κ1) is 53.7. The highest BCUT2D eigenvalue weighted by atomic mass is 79.9. The number of hydrogen-bond donors (Lipinski definition) is 1. The fourth-order valence-electron chi connectivity index (χ4n) is 8.47. The van der Waals surface area contributed by atoms with Gasteiger partial charge in [0.2, 0.25) is 4.79 Å². The Morgan fingerprint density at radius 3 is 0.706 bits per heavy atom. The van der Waals surface area contributed by atoms with E-state index < -0.39 is 22.4 Å². The molecule has 0 aromatic heterocycles. The van der Waals surface area contributed by atoms with Crippen molar-refractivity contribution >= 4 is 17.6 Å². The quantitative estimate of drug-likeness (QED) is 0.0503. The Kier molecular flexibility index (Phi) is 38.2. The second-order valence-corrected chi connectivity index (χ2v) is 21.8. The van der Waals surface area contributed by atoms with Gasteiger partial charge in [0.25, 0.3) is 0 Å². The zero-order chi connectivity index (χ0) is 37.2. The van der Waals surface area contributed by atoms with Gasteiger partial charge in [0.15, 0.2) is 0 Å². The molecule has 0 aliphatic heterocycles. The van der Waals surface area contributed by atoms with E-state index in [-0.39, 0.29) is 17.0 Å². The molecule has 0 aliphatic carbocycles. The average molecular weight is 829 g/mol. The zero-order valence-electron chi connectivity index (χ0n) is 35.7. The molecule has 0 aromatic rings. The highest BCUT2D eigenvalue weighted by Gasteiger charge is 2.81. The van der Waals surface area contributed by atoms with Crippen LogP contribution in [0.5, 0.6) is 0 Å². The smallest absolute Gasteiger partial charge is 0.569 e. The Labute approximate surface area is 332 Å². The van der Waals surface area contributed by atoms with Crippen LogP contribution < -0.4 is 21.9 Å². The van der Waals surface area contributed by atoms with Crippen molar-refractivity contribution in [3.8, 4) is 0 Å². The van der Waals surface area contributed by atoms with E-state index in [1.54, 1.807) is 42.7 Å². The minimum absolute atomic E-state index is 0. The van der Waals surface area contributed by atoms with Crippen LogP contribution in [-0.2, 0) is 26.6 Å². The van der Waals surface area contributed by atoms with Crippen LogP contribution in [0, 0.1) is 0 Å². The highest BCUT2D eigenvalue weighted by Crippen LogP contribution is 2.35. The summed E-state index contributed by atoms with van der Waals surface area (Å²) in [5, 5.41) is 0. The van der Waals surface area contributed by atoms with Gasteiger partial charge >= 0.3 is 17.6 Å². The lowest BCUT2D eigenvalue weighted by Gasteiger charge is -2.51. The minimum Gasteiger partial charge on any atom is -1.00 e. The molecule has 0 spiro atoms. The third-order valence-corrected chi connectivity index (χ3v) is 20.0. The van der Waals surface area contributed by atoms with Crippen LogP contribution in [0.1, 0.15) is 207 Å². The maximum atomic E-state index is 6.30. The van der Waals surface area contributed by atoms with Crippen LogP contribution in [0.3, 0.4) is 0 Å². The lowest BCUT2D eigenvalue weighted by atomic mass is 10.0. The summed E-state index contributed by atoms with van der Waals surface area (Å²) < 4.78 is 37.8. The van der Waals surface area contributed by atoms with Gasteiger partial charge in [0.1, 0.15) is 0 Å². The molecular formula is C41H90BrNO6Si2. The van der Waals surface area contributed by atoms with E-state index in [1.807, 2.05) is 0 Å². The predicted molar refractivity (Wildman–Crippen MR) is 218 cm³/mol. The van der Waals surface area contributed by atoms with Crippen LogP contribution in [0.25, 0.3) is 0 Å². The Hall–Kier alpha value is 0.634. The molecule has 0 rings (SSSR count). The van der Waals surface area contributed by atoms with Crippen molar-refractivity contribution in [2.24, 2.45) is 0 Å². The van der Waals surface area contributed by atoms with E-state index >= 15 is 0 Å². The Morgan fingerprint density at radius 2 is 0.529 bits per heavy atom. The maximum absolute atomic E-state index is 6.30. The number of quaternary nitrogens is 1. The molecule has 0 radical (unpaired) electrons. The third kappa shape index (κ3) is 19.9. The van der Waals surface area contributed by atoms with Gasteiger partial charge in [-0.05, 0) is 25.7 Å². The molecule has 0 saturated heterocycles. The van der Waals surface area contributed by atoms with E-state index in [2.05, 4.69) is 20.8 Å². The van der Waals surface area contributed by atoms with Gasteiger partial charge in [-0.3, -0.25) is 0 Å². The number of halogens is 1. The van der Waals surface area contributed by atoms with Crippen molar-refractivity contribution in [2.45, 2.75) is 212 Å². The topological polar surface area (TPSA) is 59.8 Å². The second-order valence-electron chi connectivity index (χ2n) is 14.9. The summed E-state index contributed by atoms with van der Waals surface area (Å²) in [5.41, 5.74) is 0. The Bertz CT molecular complexity index is 649.